The van der Waals surface area contributed by atoms with Crippen LogP contribution in [0.25, 0.3) is 10.9 Å². The van der Waals surface area contributed by atoms with Crippen molar-refractivity contribution in [3.63, 3.8) is 0 Å². The minimum absolute atomic E-state index is 0.213. The maximum Gasteiger partial charge on any atom is 0.258 e. The number of nitrogens with one attached hydrogen (secondary N) is 2. The molecule has 1 amide bonds. The molecule has 0 saturated carbocycles. The molecule has 1 heterocycles. The molecule has 0 atom stereocenters. The Balaban J connectivity index is 1.71. The summed E-state index contributed by atoms with van der Waals surface area (Å²) >= 11 is 12.2. The van der Waals surface area contributed by atoms with Crippen molar-refractivity contribution in [2.75, 3.05) is 32.6 Å². The van der Waals surface area contributed by atoms with Crippen molar-refractivity contribution in [1.82, 2.24) is 14.9 Å². The highest BCUT2D eigenvalue weighted by Gasteiger charge is 2.15. The molecule has 0 saturated heterocycles. The van der Waals surface area contributed by atoms with Crippen LogP contribution >= 0.6 is 23.2 Å². The Bertz CT molecular complexity index is 1160. The summed E-state index contributed by atoms with van der Waals surface area (Å²) < 4.78 is 10.6. The molecule has 0 fully saturated rings. The first-order valence-electron chi connectivity index (χ1n) is 9.97. The lowest BCUT2D eigenvalue weighted by molar-refractivity contribution is -0.116. The Kier molecular flexibility index (Phi) is 7.95. The maximum absolute atomic E-state index is 12.6. The van der Waals surface area contributed by atoms with Gasteiger partial charge in [0.25, 0.3) is 5.56 Å². The van der Waals surface area contributed by atoms with Crippen LogP contribution in [0.15, 0.2) is 35.1 Å². The van der Waals surface area contributed by atoms with E-state index in [0.29, 0.717) is 63.6 Å². The highest BCUT2D eigenvalue weighted by Crippen LogP contribution is 2.31. The fourth-order valence-electron chi connectivity index (χ4n) is 3.23. The average Bonchev–Trinajstić information content (AvgIpc) is 2.78. The summed E-state index contributed by atoms with van der Waals surface area (Å²) in [4.78, 5) is 34.3. The van der Waals surface area contributed by atoms with Crippen molar-refractivity contribution >= 4 is 45.7 Å². The third kappa shape index (κ3) is 5.51. The van der Waals surface area contributed by atoms with E-state index in [2.05, 4.69) is 15.3 Å². The summed E-state index contributed by atoms with van der Waals surface area (Å²) in [6.07, 6.45) is 0.220. The van der Waals surface area contributed by atoms with E-state index >= 15 is 0 Å². The third-order valence-corrected chi connectivity index (χ3v) is 5.59. The summed E-state index contributed by atoms with van der Waals surface area (Å²) in [5.41, 5.74) is 0.630. The molecule has 1 aromatic heterocycles. The van der Waals surface area contributed by atoms with Crippen LogP contribution in [0, 0.1) is 0 Å². The molecule has 2 N–H and O–H groups in total. The fraction of sp³-hybridized carbons (Fsp3) is 0.318. The van der Waals surface area contributed by atoms with E-state index in [0.717, 1.165) is 0 Å². The van der Waals surface area contributed by atoms with Gasteiger partial charge in [-0.15, -0.1) is 0 Å². The SMILES string of the molecule is CCN(CCC(=O)Nc1c(Cl)cccc1Cl)Cc1nc2cc(OC)c(OC)cc2c(=O)[nH]1. The van der Waals surface area contributed by atoms with Crippen molar-refractivity contribution in [1.29, 1.82) is 0 Å². The molecule has 0 aliphatic rings. The van der Waals surface area contributed by atoms with Gasteiger partial charge in [-0.1, -0.05) is 36.2 Å². The van der Waals surface area contributed by atoms with E-state index in [-0.39, 0.29) is 17.9 Å². The number of benzene rings is 2. The zero-order valence-corrected chi connectivity index (χ0v) is 19.5. The normalized spacial score (nSPS) is 11.1. The van der Waals surface area contributed by atoms with Crippen molar-refractivity contribution in [3.05, 3.63) is 56.6 Å². The predicted molar refractivity (Wildman–Crippen MR) is 126 cm³/mol. The second-order valence-electron chi connectivity index (χ2n) is 7.00. The number of fused-ring (bicyclic) bond motifs is 1. The van der Waals surface area contributed by atoms with Crippen LogP contribution in [0.5, 0.6) is 11.5 Å². The minimum atomic E-state index is -0.270. The number of ether oxygens (including phenoxy) is 2. The Hall–Kier alpha value is -2.81. The first kappa shape index (κ1) is 23.8. The highest BCUT2D eigenvalue weighted by molar-refractivity contribution is 6.39. The first-order valence-corrected chi connectivity index (χ1v) is 10.7. The van der Waals surface area contributed by atoms with Crippen LogP contribution in [0.1, 0.15) is 19.2 Å². The number of anilines is 1. The van der Waals surface area contributed by atoms with Gasteiger partial charge in [0.2, 0.25) is 5.91 Å². The largest absolute Gasteiger partial charge is 0.493 e. The number of halogens is 2. The van der Waals surface area contributed by atoms with Crippen LogP contribution in [-0.4, -0.2) is 48.1 Å². The quantitative estimate of drug-likeness (QED) is 0.480. The van der Waals surface area contributed by atoms with Gasteiger partial charge in [-0.05, 0) is 24.7 Å². The first-order chi connectivity index (χ1) is 15.4. The van der Waals surface area contributed by atoms with Crippen LogP contribution < -0.4 is 20.3 Å². The lowest BCUT2D eigenvalue weighted by atomic mass is 10.2. The molecule has 0 aliphatic heterocycles. The molecule has 10 heteroatoms. The number of aromatic nitrogens is 2. The Morgan fingerprint density at radius 1 is 1.16 bits per heavy atom. The van der Waals surface area contributed by atoms with Crippen molar-refractivity contribution in [2.45, 2.75) is 19.9 Å². The molecule has 2 aromatic carbocycles. The minimum Gasteiger partial charge on any atom is -0.493 e. The van der Waals surface area contributed by atoms with Crippen LogP contribution in [0.3, 0.4) is 0 Å². The second kappa shape index (κ2) is 10.7. The summed E-state index contributed by atoms with van der Waals surface area (Å²) in [6, 6.07) is 8.30. The summed E-state index contributed by atoms with van der Waals surface area (Å²) in [5, 5.41) is 3.91. The lowest BCUT2D eigenvalue weighted by Gasteiger charge is -2.20. The van der Waals surface area contributed by atoms with Gasteiger partial charge in [0.15, 0.2) is 11.5 Å². The van der Waals surface area contributed by atoms with Crippen molar-refractivity contribution in [2.24, 2.45) is 0 Å². The zero-order valence-electron chi connectivity index (χ0n) is 18.0. The highest BCUT2D eigenvalue weighted by atomic mass is 35.5. The Morgan fingerprint density at radius 3 is 2.44 bits per heavy atom. The molecule has 0 unspecified atom stereocenters. The molecular weight excluding hydrogens is 455 g/mol. The monoisotopic (exact) mass is 478 g/mol. The van der Waals surface area contributed by atoms with Gasteiger partial charge < -0.3 is 19.8 Å². The van der Waals surface area contributed by atoms with Gasteiger partial charge in [0.1, 0.15) is 5.82 Å². The number of nitrogens with zero attached hydrogens (tertiary/aromatic N) is 2. The lowest BCUT2D eigenvalue weighted by Crippen LogP contribution is -2.29. The summed E-state index contributed by atoms with van der Waals surface area (Å²) in [6.45, 7) is 3.46. The Labute approximate surface area is 195 Å². The van der Waals surface area contributed by atoms with E-state index < -0.39 is 0 Å². The number of carbonyl (C=O) groups excluding carboxylic acids is 1. The molecule has 3 rings (SSSR count). The maximum atomic E-state index is 12.6. The van der Waals surface area contributed by atoms with E-state index in [1.807, 2.05) is 11.8 Å². The number of H-pyrrole nitrogens is 1. The molecular formula is C22H24Cl2N4O4. The molecule has 0 radical (unpaired) electrons. The molecule has 0 spiro atoms. The number of para-hydroxylation sites is 1. The molecule has 32 heavy (non-hydrogen) atoms. The number of carbonyl (C=O) groups is 1. The molecule has 0 bridgehead atoms. The zero-order chi connectivity index (χ0) is 23.3. The topological polar surface area (TPSA) is 96.6 Å². The van der Waals surface area contributed by atoms with Crippen molar-refractivity contribution in [3.8, 4) is 11.5 Å². The second-order valence-corrected chi connectivity index (χ2v) is 7.81. The molecule has 8 nitrogen and oxygen atoms in total. The van der Waals surface area contributed by atoms with Gasteiger partial charge >= 0.3 is 0 Å². The third-order valence-electron chi connectivity index (χ3n) is 4.96. The summed E-state index contributed by atoms with van der Waals surface area (Å²) in [5.74, 6) is 1.23. The van der Waals surface area contributed by atoms with Crippen LogP contribution in [-0.2, 0) is 11.3 Å². The van der Waals surface area contributed by atoms with Gasteiger partial charge in [0, 0.05) is 19.0 Å². The predicted octanol–water partition coefficient (Wildman–Crippen LogP) is 4.10. The molecule has 0 aliphatic carbocycles. The Morgan fingerprint density at radius 2 is 1.81 bits per heavy atom. The number of rotatable bonds is 9. The number of methoxy groups -OCH3 is 2. The smallest absolute Gasteiger partial charge is 0.258 e. The molecule has 170 valence electrons. The number of hydrogen-bond donors (Lipinski definition) is 2. The van der Waals surface area contributed by atoms with Crippen LogP contribution in [0.2, 0.25) is 10.0 Å². The fourth-order valence-corrected chi connectivity index (χ4v) is 3.72. The van der Waals surface area contributed by atoms with Gasteiger partial charge in [-0.25, -0.2) is 4.98 Å². The molecule has 3 aromatic rings. The van der Waals surface area contributed by atoms with E-state index in [1.165, 1.54) is 14.2 Å². The van der Waals surface area contributed by atoms with E-state index in [4.69, 9.17) is 32.7 Å². The standard InChI is InChI=1S/C22H24Cl2N4O4/c1-4-28(9-8-20(29)27-21-14(23)6-5-7-15(21)24)12-19-25-16-11-18(32-3)17(31-2)10-13(16)22(30)26-19/h5-7,10-11H,4,8-9,12H2,1-3H3,(H,27,29)(H,25,26,30). The van der Waals surface area contributed by atoms with Gasteiger partial charge in [-0.3, -0.25) is 14.5 Å². The van der Waals surface area contributed by atoms with Crippen LogP contribution in [0.4, 0.5) is 5.69 Å². The summed E-state index contributed by atoms with van der Waals surface area (Å²) in [7, 11) is 3.03. The number of amides is 1. The van der Waals surface area contributed by atoms with Gasteiger partial charge in [-0.2, -0.15) is 0 Å². The van der Waals surface area contributed by atoms with E-state index in [1.54, 1.807) is 30.3 Å². The average molecular weight is 479 g/mol. The number of aromatic amines is 1. The van der Waals surface area contributed by atoms with Gasteiger partial charge in [0.05, 0.1) is 47.4 Å². The van der Waals surface area contributed by atoms with Crippen molar-refractivity contribution < 1.29 is 14.3 Å². The number of hydrogen-bond acceptors (Lipinski definition) is 6. The van der Waals surface area contributed by atoms with E-state index in [9.17, 15) is 9.59 Å².